The average Bonchev–Trinajstić information content (AvgIpc) is 1.64. The summed E-state index contributed by atoms with van der Waals surface area (Å²) in [6, 6.07) is 32.9. The van der Waals surface area contributed by atoms with Gasteiger partial charge < -0.3 is 48.1 Å². The second kappa shape index (κ2) is 31.8. The van der Waals surface area contributed by atoms with Crippen LogP contribution in [-0.4, -0.2) is 177 Å². The largest absolute Gasteiger partial charge is 0.464 e. The number of benzene rings is 4. The number of fused-ring (bicyclic) bond motifs is 8. The van der Waals surface area contributed by atoms with Crippen molar-refractivity contribution in [3.63, 3.8) is 0 Å². The summed E-state index contributed by atoms with van der Waals surface area (Å²) < 4.78 is 69.5. The third-order valence-corrected chi connectivity index (χ3v) is 18.3. The smallest absolute Gasteiger partial charge is 0.411 e. The number of carbonyl (C=O) groups is 8. The van der Waals surface area contributed by atoms with Crippen LogP contribution in [0.15, 0.2) is 121 Å². The molecule has 22 nitrogen and oxygen atoms in total. The van der Waals surface area contributed by atoms with E-state index in [0.29, 0.717) is 44.9 Å². The molecule has 4 aromatic carbocycles. The molecule has 12 rings (SSSR count). The molecule has 8 aliphatic rings. The Morgan fingerprint density at radius 2 is 0.685 bits per heavy atom. The second-order valence-electron chi connectivity index (χ2n) is 23.9. The Kier molecular flexibility index (Phi) is 23.5. The van der Waals surface area contributed by atoms with Gasteiger partial charge in [0.15, 0.2) is 0 Å². The van der Waals surface area contributed by atoms with Gasteiger partial charge in [-0.1, -0.05) is 121 Å². The molecule has 0 spiro atoms. The Morgan fingerprint density at radius 3 is 1.09 bits per heavy atom. The number of likely N-dealkylation sites (tertiary alicyclic amines) is 4. The first-order valence-corrected chi connectivity index (χ1v) is 31.7. The third kappa shape index (κ3) is 15.7. The summed E-state index contributed by atoms with van der Waals surface area (Å²) in [7, 11) is 0. The van der Waals surface area contributed by atoms with Crippen LogP contribution in [0.1, 0.15) is 101 Å². The number of ether oxygens (including phenoxy) is 8. The first kappa shape index (κ1) is 68.0. The maximum atomic E-state index is 14.0. The predicted octanol–water partition coefficient (Wildman–Crippen LogP) is 8.79. The summed E-state index contributed by atoms with van der Waals surface area (Å²) in [5.74, 6) is -2.87. The molecule has 496 valence electrons. The molecule has 4 aromatic rings. The molecule has 0 aromatic heterocycles. The fraction of sp³-hybridized carbons (Fsp3) is 0.529. The van der Waals surface area contributed by atoms with Crippen molar-refractivity contribution in [2.75, 3.05) is 26.4 Å². The van der Waals surface area contributed by atoms with Crippen LogP contribution < -0.4 is 0 Å². The molecule has 16 atom stereocenters. The summed E-state index contributed by atoms with van der Waals surface area (Å²) in [4.78, 5) is 104. The number of hydrogen-bond acceptors (Lipinski definition) is 18. The molecule has 92 heavy (non-hydrogen) atoms. The first-order chi connectivity index (χ1) is 44.5. The van der Waals surface area contributed by atoms with E-state index in [4.69, 9.17) is 37.9 Å². The minimum Gasteiger partial charge on any atom is -0.464 e. The normalized spacial score (nSPS) is 28.7. The van der Waals surface area contributed by atoms with Crippen LogP contribution in [-0.2, 0) is 83.5 Å². The molecule has 4 aliphatic carbocycles. The zero-order chi connectivity index (χ0) is 65.6. The fourth-order valence-electron chi connectivity index (χ4n) is 14.3. The Bertz CT molecular complexity index is 2930. The van der Waals surface area contributed by atoms with E-state index in [1.54, 1.807) is 27.7 Å². The number of esters is 4. The van der Waals surface area contributed by atoms with Gasteiger partial charge in [-0.3, -0.25) is 19.6 Å². The van der Waals surface area contributed by atoms with Crippen LogP contribution >= 0.6 is 0 Å². The number of amides is 4. The van der Waals surface area contributed by atoms with E-state index < -0.39 is 109 Å². The van der Waals surface area contributed by atoms with Crippen molar-refractivity contribution in [3.05, 3.63) is 144 Å². The van der Waals surface area contributed by atoms with Crippen molar-refractivity contribution >= 4 is 48.3 Å². The average molecular weight is 1280 g/mol. The first-order valence-electron chi connectivity index (χ1n) is 31.7. The molecule has 0 radical (unpaired) electrons. The highest BCUT2D eigenvalue weighted by molar-refractivity contribution is 5.86. The van der Waals surface area contributed by atoms with Gasteiger partial charge in [0.1, 0.15) is 62.9 Å². The highest BCUT2D eigenvalue weighted by Crippen LogP contribution is 2.48. The fourth-order valence-corrected chi connectivity index (χ4v) is 14.3. The number of halogens is 2. The minimum atomic E-state index is -1.10. The Hall–Kier alpha value is -8.38. The third-order valence-electron chi connectivity index (χ3n) is 18.3. The highest BCUT2D eigenvalue weighted by Gasteiger charge is 2.61. The molecule has 4 saturated carbocycles. The summed E-state index contributed by atoms with van der Waals surface area (Å²) in [5.41, 5.74) is 3.47. The van der Waals surface area contributed by atoms with Gasteiger partial charge >= 0.3 is 48.3 Å². The van der Waals surface area contributed by atoms with Gasteiger partial charge in [-0.25, -0.2) is 47.1 Å². The van der Waals surface area contributed by atoms with Gasteiger partial charge in [0, 0.05) is 23.9 Å². The standard InChI is InChI=1S/2C17H20FNO4.2C17H21NO5/c1-2-22-16(20)15-13-8-12(9-14(13)18)19(15)17(21)23-10-11-6-4-3-5-7-11;1-2-22-16(20)15-12-8-13(18)14(9-12)19(15)17(21)23-10-11-6-4-3-5-7-11;1-2-22-16(20)15-13-8-12(9-14(13)19)18(15)17(21)23-10-11-6-4-3-5-7-11;1-2-22-16(20)15-12-8-13(14(19)9-12)18(15)17(21)23-10-11-6-4-3-5-7-11/h2*3-7,12-15H,2,8-10H2,1H3;2*3-7,12-15,19H,2,8-10H2,1H3. The molecule has 2 N–H and O–H groups in total. The number of alkyl halides is 2. The molecule has 4 amide bonds. The van der Waals surface area contributed by atoms with E-state index in [9.17, 15) is 57.4 Å². The molecule has 16 unspecified atom stereocenters. The van der Waals surface area contributed by atoms with Crippen molar-refractivity contribution in [1.29, 1.82) is 0 Å². The van der Waals surface area contributed by atoms with Crippen molar-refractivity contribution in [1.82, 2.24) is 19.6 Å². The molecule has 24 heteroatoms. The summed E-state index contributed by atoms with van der Waals surface area (Å²) >= 11 is 0. The number of hydrogen-bond donors (Lipinski definition) is 2. The lowest BCUT2D eigenvalue weighted by atomic mass is 9.96. The van der Waals surface area contributed by atoms with Crippen molar-refractivity contribution in [3.8, 4) is 0 Å². The molecule has 4 saturated heterocycles. The topological polar surface area (TPSA) is 264 Å². The van der Waals surface area contributed by atoms with Gasteiger partial charge in [0.05, 0.1) is 50.7 Å². The zero-order valence-corrected chi connectivity index (χ0v) is 52.1. The van der Waals surface area contributed by atoms with Crippen molar-refractivity contribution in [2.24, 2.45) is 23.7 Å². The van der Waals surface area contributed by atoms with E-state index in [0.717, 1.165) is 22.3 Å². The van der Waals surface area contributed by atoms with Crippen molar-refractivity contribution in [2.45, 2.75) is 178 Å². The minimum absolute atomic E-state index is 0.0571. The van der Waals surface area contributed by atoms with Gasteiger partial charge in [0.25, 0.3) is 0 Å². The van der Waals surface area contributed by atoms with Crippen LogP contribution in [0.3, 0.4) is 0 Å². The Balaban J connectivity index is 0.000000145. The highest BCUT2D eigenvalue weighted by atomic mass is 19.1. The van der Waals surface area contributed by atoms with E-state index in [2.05, 4.69) is 0 Å². The number of piperidine rings is 4. The molecule has 4 heterocycles. The number of aliphatic hydroxyl groups is 2. The molecule has 8 bridgehead atoms. The quantitative estimate of drug-likeness (QED) is 0.0784. The van der Waals surface area contributed by atoms with E-state index in [1.807, 2.05) is 121 Å². The molecule has 8 fully saturated rings. The lowest BCUT2D eigenvalue weighted by Crippen LogP contribution is -2.54. The van der Waals surface area contributed by atoms with Crippen molar-refractivity contribution < 1.29 is 95.2 Å². The van der Waals surface area contributed by atoms with Gasteiger partial charge in [-0.05, 0) is 113 Å². The SMILES string of the molecule is CCOC(=O)C1C2CC(CC2F)N1C(=O)OCc1ccccc1.CCOC(=O)C1C2CC(CC2O)N1C(=O)OCc1ccccc1.CCOC(=O)C1C2CC(F)C(C2)N1C(=O)OCc1ccccc1.CCOC(=O)C1C2CC(O)C(C2)N1C(=O)OCc1ccccc1. The molecular formula is C68H82F2N4O18. The monoisotopic (exact) mass is 1280 g/mol. The van der Waals surface area contributed by atoms with Gasteiger partial charge in [-0.2, -0.15) is 0 Å². The zero-order valence-electron chi connectivity index (χ0n) is 52.1. The number of nitrogens with zero attached hydrogens (tertiary/aromatic N) is 4. The molecular weight excluding hydrogens is 1200 g/mol. The van der Waals surface area contributed by atoms with Crippen LogP contribution in [0.25, 0.3) is 0 Å². The Morgan fingerprint density at radius 1 is 0.359 bits per heavy atom. The number of aliphatic hydroxyl groups excluding tert-OH is 2. The van der Waals surface area contributed by atoms with Gasteiger partial charge in [0.2, 0.25) is 0 Å². The maximum absolute atomic E-state index is 14.0. The number of carbonyl (C=O) groups excluding carboxylic acids is 8. The summed E-state index contributed by atoms with van der Waals surface area (Å²) in [6.07, 6.45) is -1.86. The molecule has 4 aliphatic heterocycles. The van der Waals surface area contributed by atoms with Gasteiger partial charge in [-0.15, -0.1) is 0 Å². The lowest BCUT2D eigenvalue weighted by molar-refractivity contribution is -0.153. The van der Waals surface area contributed by atoms with E-state index in [1.165, 1.54) is 19.6 Å². The van der Waals surface area contributed by atoms with Crippen LogP contribution in [0.4, 0.5) is 28.0 Å². The maximum Gasteiger partial charge on any atom is 0.411 e. The second-order valence-corrected chi connectivity index (χ2v) is 23.9. The number of rotatable bonds is 16. The van der Waals surface area contributed by atoms with Crippen LogP contribution in [0.5, 0.6) is 0 Å². The van der Waals surface area contributed by atoms with E-state index in [-0.39, 0.29) is 95.2 Å². The lowest BCUT2D eigenvalue weighted by Gasteiger charge is -2.35. The summed E-state index contributed by atoms with van der Waals surface area (Å²) in [6.45, 7) is 8.33. The van der Waals surface area contributed by atoms with Crippen LogP contribution in [0.2, 0.25) is 0 Å². The van der Waals surface area contributed by atoms with E-state index >= 15 is 0 Å². The predicted molar refractivity (Wildman–Crippen MR) is 323 cm³/mol. The van der Waals surface area contributed by atoms with Crippen LogP contribution in [0, 0.1) is 23.7 Å². The summed E-state index contributed by atoms with van der Waals surface area (Å²) in [5, 5.41) is 20.1. The Labute approximate surface area is 533 Å².